The van der Waals surface area contributed by atoms with E-state index in [1.54, 1.807) is 0 Å². The number of benzene rings is 2. The first-order chi connectivity index (χ1) is 13.5. The Bertz CT molecular complexity index is 876. The molecule has 1 atom stereocenters. The summed E-state index contributed by atoms with van der Waals surface area (Å²) < 4.78 is 6.37. The van der Waals surface area contributed by atoms with Gasteiger partial charge < -0.3 is 4.74 Å². The summed E-state index contributed by atoms with van der Waals surface area (Å²) in [5.74, 6) is 1.35. The van der Waals surface area contributed by atoms with Crippen LogP contribution in [0.15, 0.2) is 60.9 Å². The zero-order valence-corrected chi connectivity index (χ0v) is 17.2. The van der Waals surface area contributed by atoms with Crippen LogP contribution in [0, 0.1) is 5.92 Å². The second-order valence-corrected chi connectivity index (χ2v) is 8.74. The lowest BCUT2D eigenvalue weighted by molar-refractivity contribution is -0.0690. The summed E-state index contributed by atoms with van der Waals surface area (Å²) in [5, 5.41) is 0.769. The fraction of sp³-hybridized carbons (Fsp3) is 0.400. The maximum atomic E-state index is 13.4. The van der Waals surface area contributed by atoms with Gasteiger partial charge in [0.25, 0.3) is 0 Å². The Hall–Kier alpha value is -2.06. The van der Waals surface area contributed by atoms with Crippen LogP contribution in [-0.2, 0) is 11.2 Å². The van der Waals surface area contributed by atoms with Gasteiger partial charge in [0.2, 0.25) is 0 Å². The summed E-state index contributed by atoms with van der Waals surface area (Å²) in [5.41, 5.74) is 2.94. The van der Waals surface area contributed by atoms with Crippen molar-refractivity contribution in [3.63, 3.8) is 0 Å². The van der Waals surface area contributed by atoms with Gasteiger partial charge in [-0.25, -0.2) is 0 Å². The largest absolute Gasteiger partial charge is 0.492 e. The first kappa shape index (κ1) is 19.3. The van der Waals surface area contributed by atoms with Crippen molar-refractivity contribution in [2.45, 2.75) is 57.0 Å². The highest BCUT2D eigenvalue weighted by molar-refractivity contribution is 6.30. The van der Waals surface area contributed by atoms with Crippen LogP contribution >= 0.6 is 11.6 Å². The van der Waals surface area contributed by atoms with Gasteiger partial charge in [0, 0.05) is 10.6 Å². The normalized spacial score (nSPS) is 27.1. The maximum absolute atomic E-state index is 13.4. The van der Waals surface area contributed by atoms with E-state index < -0.39 is 5.60 Å². The molecular formula is C25H27ClO2. The van der Waals surface area contributed by atoms with Gasteiger partial charge in [0.1, 0.15) is 5.60 Å². The molecule has 0 saturated heterocycles. The van der Waals surface area contributed by atoms with E-state index >= 15 is 0 Å². The predicted molar refractivity (Wildman–Crippen MR) is 114 cm³/mol. The number of ketones is 1. The number of Topliss-reactive ketones (excluding diaryl/α,β-unsaturated/α-hetero) is 1. The SMILES string of the molecule is C=C(C)OC1(C2CCc3ccccc3C2=O)CCC(c2ccc(Cl)cc2)CC1. The summed E-state index contributed by atoms with van der Waals surface area (Å²) in [6.45, 7) is 5.89. The van der Waals surface area contributed by atoms with Crippen molar-refractivity contribution in [3.8, 4) is 0 Å². The predicted octanol–water partition coefficient (Wildman–Crippen LogP) is 6.73. The molecule has 3 heteroatoms. The number of aryl methyl sites for hydroxylation is 1. The molecule has 0 aliphatic heterocycles. The van der Waals surface area contributed by atoms with Crippen LogP contribution in [-0.4, -0.2) is 11.4 Å². The van der Waals surface area contributed by atoms with Crippen LogP contribution in [0.4, 0.5) is 0 Å². The van der Waals surface area contributed by atoms with E-state index in [-0.39, 0.29) is 11.7 Å². The van der Waals surface area contributed by atoms with Crippen molar-refractivity contribution in [1.29, 1.82) is 0 Å². The Balaban J connectivity index is 1.58. The third-order valence-electron chi connectivity index (χ3n) is 6.49. The second kappa shape index (κ2) is 7.75. The zero-order valence-electron chi connectivity index (χ0n) is 16.4. The number of carbonyl (C=O) groups is 1. The monoisotopic (exact) mass is 394 g/mol. The lowest BCUT2D eigenvalue weighted by Gasteiger charge is -2.46. The lowest BCUT2D eigenvalue weighted by Crippen LogP contribution is -2.48. The minimum Gasteiger partial charge on any atom is -0.492 e. The Morgan fingerprint density at radius 3 is 2.43 bits per heavy atom. The number of rotatable bonds is 4. The van der Waals surface area contributed by atoms with Crippen molar-refractivity contribution >= 4 is 17.4 Å². The molecule has 0 aromatic heterocycles. The molecule has 2 aromatic rings. The highest BCUT2D eigenvalue weighted by Crippen LogP contribution is 2.48. The second-order valence-electron chi connectivity index (χ2n) is 8.31. The van der Waals surface area contributed by atoms with Crippen LogP contribution in [0.3, 0.4) is 0 Å². The summed E-state index contributed by atoms with van der Waals surface area (Å²) >= 11 is 6.04. The molecule has 0 heterocycles. The van der Waals surface area contributed by atoms with Crippen molar-refractivity contribution < 1.29 is 9.53 Å². The van der Waals surface area contributed by atoms with Crippen LogP contribution < -0.4 is 0 Å². The quantitative estimate of drug-likeness (QED) is 0.537. The first-order valence-electron chi connectivity index (χ1n) is 10.2. The smallest absolute Gasteiger partial charge is 0.170 e. The molecule has 2 nitrogen and oxygen atoms in total. The molecule has 28 heavy (non-hydrogen) atoms. The van der Waals surface area contributed by atoms with Gasteiger partial charge in [-0.05, 0) is 74.6 Å². The van der Waals surface area contributed by atoms with Gasteiger partial charge in [-0.1, -0.05) is 54.6 Å². The van der Waals surface area contributed by atoms with Gasteiger partial charge >= 0.3 is 0 Å². The van der Waals surface area contributed by atoms with Gasteiger partial charge in [0.05, 0.1) is 11.7 Å². The molecule has 146 valence electrons. The van der Waals surface area contributed by atoms with Crippen LogP contribution in [0.2, 0.25) is 5.02 Å². The summed E-state index contributed by atoms with van der Waals surface area (Å²) in [6, 6.07) is 16.2. The molecule has 0 bridgehead atoms. The van der Waals surface area contributed by atoms with Gasteiger partial charge in [0.15, 0.2) is 5.78 Å². The molecule has 0 spiro atoms. The Kier molecular flexibility index (Phi) is 5.33. The highest BCUT2D eigenvalue weighted by atomic mass is 35.5. The van der Waals surface area contributed by atoms with Crippen LogP contribution in [0.1, 0.15) is 66.4 Å². The molecule has 2 aromatic carbocycles. The molecule has 0 radical (unpaired) electrons. The van der Waals surface area contributed by atoms with Gasteiger partial charge in [-0.15, -0.1) is 0 Å². The number of allylic oxidation sites excluding steroid dienone is 1. The van der Waals surface area contributed by atoms with Crippen molar-refractivity contribution in [1.82, 2.24) is 0 Å². The highest BCUT2D eigenvalue weighted by Gasteiger charge is 2.48. The number of ether oxygens (including phenoxy) is 1. The number of hydrogen-bond donors (Lipinski definition) is 0. The third-order valence-corrected chi connectivity index (χ3v) is 6.74. The van der Waals surface area contributed by atoms with Crippen LogP contribution in [0.5, 0.6) is 0 Å². The van der Waals surface area contributed by atoms with E-state index in [1.165, 1.54) is 11.1 Å². The van der Waals surface area contributed by atoms with E-state index in [1.807, 2.05) is 37.3 Å². The molecule has 0 N–H and O–H groups in total. The Labute approximate surface area is 172 Å². The molecule has 0 amide bonds. The van der Waals surface area contributed by atoms with E-state index in [0.29, 0.717) is 11.7 Å². The molecular weight excluding hydrogens is 368 g/mol. The van der Waals surface area contributed by atoms with E-state index in [0.717, 1.165) is 49.1 Å². The third kappa shape index (κ3) is 3.63. The molecule has 1 saturated carbocycles. The van der Waals surface area contributed by atoms with E-state index in [9.17, 15) is 4.79 Å². The fourth-order valence-electron chi connectivity index (χ4n) is 5.14. The first-order valence-corrected chi connectivity index (χ1v) is 10.6. The standard InChI is InChI=1S/C25H27ClO2/c1-17(2)28-25(23-12-9-20-5-3-4-6-22(20)24(23)27)15-13-19(14-16-25)18-7-10-21(26)11-8-18/h3-8,10-11,19,23H,1,9,12-16H2,2H3. The molecule has 1 fully saturated rings. The van der Waals surface area contributed by atoms with Crippen molar-refractivity contribution in [2.24, 2.45) is 5.92 Å². The van der Waals surface area contributed by atoms with Crippen LogP contribution in [0.25, 0.3) is 0 Å². The molecule has 4 rings (SSSR count). The number of hydrogen-bond acceptors (Lipinski definition) is 2. The minimum absolute atomic E-state index is 0.0923. The maximum Gasteiger partial charge on any atom is 0.170 e. The molecule has 2 aliphatic carbocycles. The van der Waals surface area contributed by atoms with Crippen molar-refractivity contribution in [3.05, 3.63) is 82.6 Å². The van der Waals surface area contributed by atoms with Gasteiger partial charge in [-0.2, -0.15) is 0 Å². The summed E-state index contributed by atoms with van der Waals surface area (Å²) in [7, 11) is 0. The van der Waals surface area contributed by atoms with Crippen molar-refractivity contribution in [2.75, 3.05) is 0 Å². The summed E-state index contributed by atoms with van der Waals surface area (Å²) in [4.78, 5) is 13.4. The Morgan fingerprint density at radius 2 is 1.75 bits per heavy atom. The molecule has 2 aliphatic rings. The Morgan fingerprint density at radius 1 is 1.07 bits per heavy atom. The zero-order chi connectivity index (χ0) is 19.7. The minimum atomic E-state index is -0.431. The van der Waals surface area contributed by atoms with E-state index in [4.69, 9.17) is 16.3 Å². The number of fused-ring (bicyclic) bond motifs is 1. The number of carbonyl (C=O) groups excluding carboxylic acids is 1. The van der Waals surface area contributed by atoms with E-state index in [2.05, 4.69) is 24.8 Å². The van der Waals surface area contributed by atoms with Gasteiger partial charge in [-0.3, -0.25) is 4.79 Å². The lowest BCUT2D eigenvalue weighted by atomic mass is 9.65. The number of halogens is 1. The molecule has 1 unspecified atom stereocenters. The average Bonchev–Trinajstić information content (AvgIpc) is 2.69. The topological polar surface area (TPSA) is 26.3 Å². The average molecular weight is 395 g/mol. The fourth-order valence-corrected chi connectivity index (χ4v) is 5.27. The summed E-state index contributed by atoms with van der Waals surface area (Å²) in [6.07, 6.45) is 5.58.